The van der Waals surface area contributed by atoms with Crippen molar-refractivity contribution in [1.82, 2.24) is 5.32 Å². The molecule has 3 atom stereocenters. The average molecular weight is 263 g/mol. The van der Waals surface area contributed by atoms with Crippen LogP contribution in [0.1, 0.15) is 53.9 Å². The number of rotatable bonds is 9. The number of sulfone groups is 1. The minimum Gasteiger partial charge on any atom is -0.313 e. The van der Waals surface area contributed by atoms with Gasteiger partial charge in [-0.3, -0.25) is 0 Å². The summed E-state index contributed by atoms with van der Waals surface area (Å²) in [6, 6.07) is 0.0962. The fraction of sp³-hybridized carbons (Fsp3) is 1.00. The van der Waals surface area contributed by atoms with Gasteiger partial charge in [-0.25, -0.2) is 8.42 Å². The maximum absolute atomic E-state index is 12.1. The van der Waals surface area contributed by atoms with Crippen LogP contribution in [0.15, 0.2) is 0 Å². The van der Waals surface area contributed by atoms with Crippen molar-refractivity contribution in [2.24, 2.45) is 5.92 Å². The molecule has 0 aliphatic carbocycles. The maximum atomic E-state index is 12.1. The zero-order chi connectivity index (χ0) is 13.5. The molecule has 1 N–H and O–H groups in total. The molecule has 4 heteroatoms. The first-order valence-electron chi connectivity index (χ1n) is 6.83. The molecule has 0 rings (SSSR count). The van der Waals surface area contributed by atoms with Gasteiger partial charge in [0.05, 0.1) is 11.0 Å². The SMILES string of the molecule is CCCNC(CS(=O)(=O)C(C)CC)C(C)CC. The highest BCUT2D eigenvalue weighted by Gasteiger charge is 2.26. The van der Waals surface area contributed by atoms with Crippen molar-refractivity contribution in [3.05, 3.63) is 0 Å². The van der Waals surface area contributed by atoms with Crippen molar-refractivity contribution in [2.45, 2.75) is 65.2 Å². The van der Waals surface area contributed by atoms with E-state index in [-0.39, 0.29) is 17.0 Å². The maximum Gasteiger partial charge on any atom is 0.154 e. The summed E-state index contributed by atoms with van der Waals surface area (Å²) >= 11 is 0. The van der Waals surface area contributed by atoms with E-state index in [4.69, 9.17) is 0 Å². The molecule has 0 spiro atoms. The Hall–Kier alpha value is -0.0900. The van der Waals surface area contributed by atoms with Crippen LogP contribution in [0.5, 0.6) is 0 Å². The van der Waals surface area contributed by atoms with Crippen LogP contribution in [-0.4, -0.2) is 32.0 Å². The fourth-order valence-corrected chi connectivity index (χ4v) is 3.49. The van der Waals surface area contributed by atoms with Crippen LogP contribution in [-0.2, 0) is 9.84 Å². The van der Waals surface area contributed by atoms with Crippen molar-refractivity contribution < 1.29 is 8.42 Å². The van der Waals surface area contributed by atoms with Crippen LogP contribution < -0.4 is 5.32 Å². The van der Waals surface area contributed by atoms with Crippen LogP contribution >= 0.6 is 0 Å². The Morgan fingerprint density at radius 2 is 1.65 bits per heavy atom. The van der Waals surface area contributed by atoms with E-state index in [1.54, 1.807) is 0 Å². The molecule has 0 bridgehead atoms. The Kier molecular flexibility index (Phi) is 8.05. The summed E-state index contributed by atoms with van der Waals surface area (Å²) in [7, 11) is -2.96. The minimum atomic E-state index is -2.96. The topological polar surface area (TPSA) is 46.2 Å². The molecule has 0 saturated carbocycles. The summed E-state index contributed by atoms with van der Waals surface area (Å²) in [6.45, 7) is 11.0. The van der Waals surface area contributed by atoms with Gasteiger partial charge < -0.3 is 5.32 Å². The predicted molar refractivity (Wildman–Crippen MR) is 75.1 cm³/mol. The Morgan fingerprint density at radius 3 is 2.06 bits per heavy atom. The van der Waals surface area contributed by atoms with Gasteiger partial charge in [-0.05, 0) is 32.2 Å². The van der Waals surface area contributed by atoms with Gasteiger partial charge in [-0.2, -0.15) is 0 Å². The predicted octanol–water partition coefficient (Wildman–Crippen LogP) is 2.61. The Bertz CT molecular complexity index is 288. The van der Waals surface area contributed by atoms with E-state index in [9.17, 15) is 8.42 Å². The molecule has 0 aromatic carbocycles. The van der Waals surface area contributed by atoms with Crippen molar-refractivity contribution in [2.75, 3.05) is 12.3 Å². The van der Waals surface area contributed by atoms with E-state index in [0.717, 1.165) is 19.4 Å². The molecule has 0 fully saturated rings. The fourth-order valence-electron chi connectivity index (χ4n) is 1.71. The second-order valence-electron chi connectivity index (χ2n) is 4.99. The molecule has 0 aromatic rings. The lowest BCUT2D eigenvalue weighted by molar-refractivity contribution is 0.390. The van der Waals surface area contributed by atoms with E-state index >= 15 is 0 Å². The van der Waals surface area contributed by atoms with Crippen molar-refractivity contribution >= 4 is 9.84 Å². The van der Waals surface area contributed by atoms with Crippen LogP contribution in [0.4, 0.5) is 0 Å². The van der Waals surface area contributed by atoms with Crippen LogP contribution in [0.25, 0.3) is 0 Å². The summed E-state index contributed by atoms with van der Waals surface area (Å²) < 4.78 is 24.2. The highest BCUT2D eigenvalue weighted by atomic mass is 32.2. The van der Waals surface area contributed by atoms with Gasteiger partial charge in [0, 0.05) is 6.04 Å². The molecule has 0 aromatic heterocycles. The molecule has 104 valence electrons. The smallest absolute Gasteiger partial charge is 0.154 e. The highest BCUT2D eigenvalue weighted by Crippen LogP contribution is 2.14. The summed E-state index contributed by atoms with van der Waals surface area (Å²) in [5.74, 6) is 0.678. The number of hydrogen-bond donors (Lipinski definition) is 1. The third kappa shape index (κ3) is 5.87. The molecule has 3 nitrogen and oxygen atoms in total. The Morgan fingerprint density at radius 1 is 1.06 bits per heavy atom. The lowest BCUT2D eigenvalue weighted by Crippen LogP contribution is -2.42. The summed E-state index contributed by atoms with van der Waals surface area (Å²) in [6.07, 6.45) is 2.75. The van der Waals surface area contributed by atoms with Gasteiger partial charge in [-0.1, -0.05) is 34.1 Å². The Balaban J connectivity index is 4.62. The summed E-state index contributed by atoms with van der Waals surface area (Å²) in [5.41, 5.74) is 0. The van der Waals surface area contributed by atoms with Crippen molar-refractivity contribution in [3.63, 3.8) is 0 Å². The van der Waals surface area contributed by atoms with E-state index in [0.29, 0.717) is 12.3 Å². The van der Waals surface area contributed by atoms with Gasteiger partial charge in [0.15, 0.2) is 9.84 Å². The van der Waals surface area contributed by atoms with E-state index < -0.39 is 9.84 Å². The first-order chi connectivity index (χ1) is 7.88. The van der Waals surface area contributed by atoms with Gasteiger partial charge >= 0.3 is 0 Å². The minimum absolute atomic E-state index is 0.0962. The van der Waals surface area contributed by atoms with Crippen LogP contribution in [0.3, 0.4) is 0 Å². The molecule has 0 heterocycles. The Labute approximate surface area is 107 Å². The molecule has 0 aliphatic rings. The average Bonchev–Trinajstić information content (AvgIpc) is 2.32. The lowest BCUT2D eigenvalue weighted by atomic mass is 10.0. The first-order valence-corrected chi connectivity index (χ1v) is 8.55. The standard InChI is InChI=1S/C13H29NO2S/c1-6-9-14-13(11(4)7-2)10-17(15,16)12(5)8-3/h11-14H,6-10H2,1-5H3. The van der Waals surface area contributed by atoms with E-state index in [2.05, 4.69) is 26.1 Å². The molecular weight excluding hydrogens is 234 g/mol. The van der Waals surface area contributed by atoms with Gasteiger partial charge in [-0.15, -0.1) is 0 Å². The summed E-state index contributed by atoms with van der Waals surface area (Å²) in [4.78, 5) is 0. The number of nitrogens with one attached hydrogen (secondary N) is 1. The van der Waals surface area contributed by atoms with Crippen molar-refractivity contribution in [3.8, 4) is 0 Å². The third-order valence-corrected chi connectivity index (χ3v) is 5.97. The lowest BCUT2D eigenvalue weighted by Gasteiger charge is -2.25. The molecule has 17 heavy (non-hydrogen) atoms. The quantitative estimate of drug-likeness (QED) is 0.695. The second-order valence-corrected chi connectivity index (χ2v) is 7.46. The van der Waals surface area contributed by atoms with E-state index in [1.165, 1.54) is 0 Å². The van der Waals surface area contributed by atoms with Gasteiger partial charge in [0.1, 0.15) is 0 Å². The second kappa shape index (κ2) is 8.09. The first kappa shape index (κ1) is 16.9. The largest absolute Gasteiger partial charge is 0.313 e. The third-order valence-electron chi connectivity index (χ3n) is 3.59. The van der Waals surface area contributed by atoms with Crippen LogP contribution in [0.2, 0.25) is 0 Å². The molecule has 0 radical (unpaired) electrons. The number of hydrogen-bond acceptors (Lipinski definition) is 3. The summed E-state index contributed by atoms with van der Waals surface area (Å²) in [5, 5.41) is 3.15. The molecule has 0 aliphatic heterocycles. The van der Waals surface area contributed by atoms with E-state index in [1.807, 2.05) is 13.8 Å². The zero-order valence-corrected chi connectivity index (χ0v) is 12.8. The zero-order valence-electron chi connectivity index (χ0n) is 12.0. The molecule has 3 unspecified atom stereocenters. The molecule has 0 amide bonds. The normalized spacial score (nSPS) is 17.7. The van der Waals surface area contributed by atoms with Gasteiger partial charge in [0.2, 0.25) is 0 Å². The highest BCUT2D eigenvalue weighted by molar-refractivity contribution is 7.92. The van der Waals surface area contributed by atoms with Crippen LogP contribution in [0, 0.1) is 5.92 Å². The van der Waals surface area contributed by atoms with Gasteiger partial charge in [0.25, 0.3) is 0 Å². The monoisotopic (exact) mass is 263 g/mol. The molecular formula is C13H29NO2S. The molecule has 0 saturated heterocycles. The van der Waals surface area contributed by atoms with Crippen molar-refractivity contribution in [1.29, 1.82) is 0 Å².